The van der Waals surface area contributed by atoms with Gasteiger partial charge in [0.2, 0.25) is 11.8 Å². The maximum absolute atomic E-state index is 13.4. The first kappa shape index (κ1) is 19.3. The van der Waals surface area contributed by atoms with Gasteiger partial charge in [-0.1, -0.05) is 23.8 Å². The van der Waals surface area contributed by atoms with Crippen LogP contribution < -0.4 is 4.90 Å². The molecule has 0 aromatic heterocycles. The Labute approximate surface area is 167 Å². The van der Waals surface area contributed by atoms with Gasteiger partial charge in [-0.15, -0.1) is 0 Å². The highest BCUT2D eigenvalue weighted by Gasteiger charge is 2.72. The largest absolute Gasteiger partial charge is 0.422 e. The fraction of sp³-hybridized carbons (Fsp3) is 0.429. The molecule has 4 rings (SSSR count). The summed E-state index contributed by atoms with van der Waals surface area (Å²) >= 11 is 0. The lowest BCUT2D eigenvalue weighted by Gasteiger charge is -2.34. The van der Waals surface area contributed by atoms with E-state index in [1.807, 2.05) is 26.0 Å². The molecule has 2 amide bonds. The molecule has 8 heteroatoms. The van der Waals surface area contributed by atoms with E-state index in [-0.39, 0.29) is 5.91 Å². The summed E-state index contributed by atoms with van der Waals surface area (Å²) in [6.45, 7) is 6.09. The van der Waals surface area contributed by atoms with Crippen LogP contribution in [0.4, 0.5) is 5.69 Å². The number of carbonyl (C=O) groups is 4. The fourth-order valence-corrected chi connectivity index (χ4v) is 4.51. The van der Waals surface area contributed by atoms with Crippen molar-refractivity contribution in [1.29, 1.82) is 0 Å². The molecule has 4 atom stereocenters. The van der Waals surface area contributed by atoms with Crippen LogP contribution in [0.1, 0.15) is 25.0 Å². The molecule has 29 heavy (non-hydrogen) atoms. The van der Waals surface area contributed by atoms with E-state index in [9.17, 15) is 19.2 Å². The van der Waals surface area contributed by atoms with Gasteiger partial charge >= 0.3 is 11.9 Å². The minimum Gasteiger partial charge on any atom is -0.422 e. The van der Waals surface area contributed by atoms with Crippen molar-refractivity contribution in [3.63, 3.8) is 0 Å². The van der Waals surface area contributed by atoms with Gasteiger partial charge in [-0.2, -0.15) is 0 Å². The summed E-state index contributed by atoms with van der Waals surface area (Å²) < 4.78 is 16.3. The molecular weight excluding hydrogens is 378 g/mol. The second-order valence-electron chi connectivity index (χ2n) is 7.65. The minimum absolute atomic E-state index is 0.382. The van der Waals surface area contributed by atoms with E-state index < -0.39 is 47.7 Å². The second kappa shape index (κ2) is 6.52. The molecule has 3 heterocycles. The number of imide groups is 1. The zero-order chi connectivity index (χ0) is 21.1. The van der Waals surface area contributed by atoms with Crippen molar-refractivity contribution in [3.05, 3.63) is 41.5 Å². The summed E-state index contributed by atoms with van der Waals surface area (Å²) in [5.74, 6) is -3.98. The molecule has 3 aliphatic rings. The molecule has 8 nitrogen and oxygen atoms in total. The first-order chi connectivity index (χ1) is 13.7. The molecule has 152 valence electrons. The number of ether oxygens (including phenoxy) is 3. The van der Waals surface area contributed by atoms with Crippen LogP contribution in [0, 0.1) is 25.7 Å². The molecule has 0 unspecified atom stereocenters. The predicted octanol–water partition coefficient (Wildman–Crippen LogP) is 1.57. The Bertz CT molecular complexity index is 952. The van der Waals surface area contributed by atoms with Crippen LogP contribution in [0.2, 0.25) is 0 Å². The van der Waals surface area contributed by atoms with Gasteiger partial charge in [0, 0.05) is 13.8 Å². The smallest absolute Gasteiger partial charge is 0.305 e. The number of anilines is 1. The number of nitrogens with zero attached hydrogens (tertiary/aromatic N) is 1. The third-order valence-electron chi connectivity index (χ3n) is 5.59. The van der Waals surface area contributed by atoms with E-state index in [0.29, 0.717) is 5.69 Å². The van der Waals surface area contributed by atoms with Crippen LogP contribution in [0.5, 0.6) is 0 Å². The Hall–Kier alpha value is -3.00. The van der Waals surface area contributed by atoms with Crippen LogP contribution in [0.3, 0.4) is 0 Å². The van der Waals surface area contributed by atoms with Crippen molar-refractivity contribution in [2.45, 2.75) is 45.7 Å². The summed E-state index contributed by atoms with van der Waals surface area (Å²) in [4.78, 5) is 51.0. The summed E-state index contributed by atoms with van der Waals surface area (Å²) in [6, 6.07) is 5.46. The number of hydrogen-bond donors (Lipinski definition) is 0. The molecule has 1 aromatic rings. The normalized spacial score (nSPS) is 29.6. The summed E-state index contributed by atoms with van der Waals surface area (Å²) in [7, 11) is 0. The SMILES string of the molecule is CC(=O)OC(OC(C)=O)[C@@]12C=C[C@@H](O1)[C@H]1C(=O)N(c3ccc(C)cc3C)C(=O)[C@@H]12. The van der Waals surface area contributed by atoms with E-state index in [2.05, 4.69) is 0 Å². The third kappa shape index (κ3) is 2.78. The lowest BCUT2D eigenvalue weighted by atomic mass is 9.76. The van der Waals surface area contributed by atoms with Gasteiger partial charge < -0.3 is 14.2 Å². The monoisotopic (exact) mass is 399 g/mol. The molecule has 2 fully saturated rings. The Morgan fingerprint density at radius 3 is 2.34 bits per heavy atom. The summed E-state index contributed by atoms with van der Waals surface area (Å²) in [5.41, 5.74) is 0.772. The van der Waals surface area contributed by atoms with E-state index in [1.165, 1.54) is 18.7 Å². The molecule has 1 aromatic carbocycles. The van der Waals surface area contributed by atoms with E-state index in [0.717, 1.165) is 11.1 Å². The Balaban J connectivity index is 1.76. The van der Waals surface area contributed by atoms with E-state index in [1.54, 1.807) is 18.2 Å². The fourth-order valence-electron chi connectivity index (χ4n) is 4.51. The first-order valence-corrected chi connectivity index (χ1v) is 9.32. The Kier molecular flexibility index (Phi) is 4.34. The number of carbonyl (C=O) groups excluding carboxylic acids is 4. The average molecular weight is 399 g/mol. The topological polar surface area (TPSA) is 99.2 Å². The zero-order valence-electron chi connectivity index (χ0n) is 16.5. The Morgan fingerprint density at radius 2 is 1.76 bits per heavy atom. The molecule has 3 aliphatic heterocycles. The number of amides is 2. The van der Waals surface area contributed by atoms with Crippen molar-refractivity contribution >= 4 is 29.4 Å². The lowest BCUT2D eigenvalue weighted by Crippen LogP contribution is -2.52. The molecule has 0 radical (unpaired) electrons. The molecular formula is C21H21NO7. The first-order valence-electron chi connectivity index (χ1n) is 9.32. The van der Waals surface area contributed by atoms with Gasteiger partial charge in [0.05, 0.1) is 23.6 Å². The highest BCUT2D eigenvalue weighted by Crippen LogP contribution is 2.54. The van der Waals surface area contributed by atoms with Gasteiger partial charge in [0.15, 0.2) is 5.60 Å². The van der Waals surface area contributed by atoms with Crippen LogP contribution in [0.15, 0.2) is 30.4 Å². The van der Waals surface area contributed by atoms with Gasteiger partial charge in [0.25, 0.3) is 6.29 Å². The molecule has 0 N–H and O–H groups in total. The van der Waals surface area contributed by atoms with Crippen molar-refractivity contribution in [2.75, 3.05) is 4.90 Å². The lowest BCUT2D eigenvalue weighted by molar-refractivity contribution is -0.226. The molecule has 2 bridgehead atoms. The zero-order valence-corrected chi connectivity index (χ0v) is 16.5. The van der Waals surface area contributed by atoms with Gasteiger partial charge in [0.1, 0.15) is 0 Å². The predicted molar refractivity (Wildman–Crippen MR) is 99.5 cm³/mol. The number of fused-ring (bicyclic) bond motifs is 5. The quantitative estimate of drug-likeness (QED) is 0.328. The maximum atomic E-state index is 13.4. The molecule has 0 aliphatic carbocycles. The van der Waals surface area contributed by atoms with Gasteiger partial charge in [-0.05, 0) is 31.6 Å². The third-order valence-corrected chi connectivity index (χ3v) is 5.59. The summed E-state index contributed by atoms with van der Waals surface area (Å²) in [5, 5.41) is 0. The highest BCUT2D eigenvalue weighted by atomic mass is 16.7. The van der Waals surface area contributed by atoms with Crippen LogP contribution >= 0.6 is 0 Å². The number of benzene rings is 1. The van der Waals surface area contributed by atoms with Crippen molar-refractivity contribution in [3.8, 4) is 0 Å². The van der Waals surface area contributed by atoms with Crippen LogP contribution in [-0.4, -0.2) is 41.7 Å². The number of hydrogen-bond acceptors (Lipinski definition) is 7. The van der Waals surface area contributed by atoms with E-state index >= 15 is 0 Å². The van der Waals surface area contributed by atoms with Gasteiger partial charge in [-0.3, -0.25) is 19.2 Å². The molecule has 0 saturated carbocycles. The van der Waals surface area contributed by atoms with Crippen LogP contribution in [-0.2, 0) is 33.4 Å². The molecule has 2 saturated heterocycles. The summed E-state index contributed by atoms with van der Waals surface area (Å²) in [6.07, 6.45) is 1.08. The van der Waals surface area contributed by atoms with Gasteiger partial charge in [-0.25, -0.2) is 4.90 Å². The van der Waals surface area contributed by atoms with Crippen molar-refractivity contribution in [2.24, 2.45) is 11.8 Å². The standard InChI is InChI=1S/C21H21NO7/c1-10-5-6-14(11(2)9-10)22-18(25)16-15-7-8-21(29-15,17(16)19(22)26)20(27-12(3)23)28-13(4)24/h5-9,15-17,20H,1-4H3/t15-,16-,17-,21+/m1/s1. The highest BCUT2D eigenvalue weighted by molar-refractivity contribution is 6.23. The molecule has 0 spiro atoms. The van der Waals surface area contributed by atoms with Crippen molar-refractivity contribution in [1.82, 2.24) is 0 Å². The van der Waals surface area contributed by atoms with E-state index in [4.69, 9.17) is 14.2 Å². The number of esters is 2. The number of aryl methyl sites for hydroxylation is 2. The second-order valence-corrected chi connectivity index (χ2v) is 7.65. The van der Waals surface area contributed by atoms with Crippen molar-refractivity contribution < 1.29 is 33.4 Å². The minimum atomic E-state index is -1.53. The Morgan fingerprint density at radius 1 is 1.10 bits per heavy atom. The van der Waals surface area contributed by atoms with Crippen LogP contribution in [0.25, 0.3) is 0 Å². The maximum Gasteiger partial charge on any atom is 0.305 e. The number of rotatable bonds is 4. The average Bonchev–Trinajstić information content (AvgIpc) is 3.26.